The van der Waals surface area contributed by atoms with Crippen LogP contribution in [0.25, 0.3) is 0 Å². The molecule has 2 rings (SSSR count). The van der Waals surface area contributed by atoms with Crippen LogP contribution in [-0.4, -0.2) is 30.4 Å². The molecule has 0 spiro atoms. The molecule has 21 heavy (non-hydrogen) atoms. The van der Waals surface area contributed by atoms with Gasteiger partial charge in [-0.1, -0.05) is 42.1 Å². The van der Waals surface area contributed by atoms with Crippen LogP contribution < -0.4 is 10.1 Å². The molecule has 1 aliphatic rings. The van der Waals surface area contributed by atoms with E-state index >= 15 is 0 Å². The smallest absolute Gasteiger partial charge is 0.156 e. The van der Waals surface area contributed by atoms with Gasteiger partial charge in [0.2, 0.25) is 0 Å². The van der Waals surface area contributed by atoms with Crippen LogP contribution >= 0.6 is 23.2 Å². The molecule has 1 aliphatic carbocycles. The highest BCUT2D eigenvalue weighted by molar-refractivity contribution is 6.37. The second-order valence-corrected chi connectivity index (χ2v) is 6.57. The largest absolute Gasteiger partial charge is 0.488 e. The average molecular weight is 332 g/mol. The maximum absolute atomic E-state index is 10.0. The molecule has 118 valence electrons. The van der Waals surface area contributed by atoms with E-state index in [9.17, 15) is 5.11 Å². The maximum atomic E-state index is 10.0. The summed E-state index contributed by atoms with van der Waals surface area (Å²) in [5, 5.41) is 14.3. The zero-order valence-corrected chi connectivity index (χ0v) is 13.8. The van der Waals surface area contributed by atoms with Crippen LogP contribution in [0.2, 0.25) is 10.0 Å². The van der Waals surface area contributed by atoms with Crippen molar-refractivity contribution in [1.82, 2.24) is 5.32 Å². The molecule has 0 radical (unpaired) electrons. The molecule has 0 amide bonds. The van der Waals surface area contributed by atoms with Gasteiger partial charge < -0.3 is 15.2 Å². The number of ether oxygens (including phenoxy) is 1. The minimum Gasteiger partial charge on any atom is -0.488 e. The minimum absolute atomic E-state index is 0.174. The number of aliphatic hydroxyl groups is 1. The molecule has 1 fully saturated rings. The van der Waals surface area contributed by atoms with Crippen molar-refractivity contribution >= 4 is 23.2 Å². The predicted octanol–water partition coefficient (Wildman–Crippen LogP) is 3.90. The molecule has 0 saturated heterocycles. The van der Waals surface area contributed by atoms with Crippen molar-refractivity contribution in [1.29, 1.82) is 0 Å². The number of benzene rings is 1. The van der Waals surface area contributed by atoms with Crippen LogP contribution in [0.15, 0.2) is 18.2 Å². The topological polar surface area (TPSA) is 41.5 Å². The first kappa shape index (κ1) is 16.9. The lowest BCUT2D eigenvalue weighted by Gasteiger charge is -2.22. The third-order valence-corrected chi connectivity index (χ3v) is 4.72. The van der Waals surface area contributed by atoms with Gasteiger partial charge in [-0.25, -0.2) is 0 Å². The van der Waals surface area contributed by atoms with Crippen LogP contribution in [0.5, 0.6) is 5.75 Å². The molecule has 0 heterocycles. The van der Waals surface area contributed by atoms with Crippen LogP contribution in [0.1, 0.15) is 32.6 Å². The summed E-state index contributed by atoms with van der Waals surface area (Å²) in [6.45, 7) is 2.88. The lowest BCUT2D eigenvalue weighted by Crippen LogP contribution is -2.39. The van der Waals surface area contributed by atoms with E-state index < -0.39 is 6.10 Å². The molecule has 0 bridgehead atoms. The van der Waals surface area contributed by atoms with Gasteiger partial charge in [0.1, 0.15) is 12.7 Å². The fraction of sp³-hybridized carbons (Fsp3) is 0.625. The Balaban J connectivity index is 1.73. The third kappa shape index (κ3) is 5.03. The molecule has 1 aromatic rings. The summed E-state index contributed by atoms with van der Waals surface area (Å²) >= 11 is 12.0. The van der Waals surface area contributed by atoms with Gasteiger partial charge in [0.25, 0.3) is 0 Å². The van der Waals surface area contributed by atoms with Gasteiger partial charge >= 0.3 is 0 Å². The summed E-state index contributed by atoms with van der Waals surface area (Å²) < 4.78 is 5.53. The molecular formula is C16H23Cl2NO2. The van der Waals surface area contributed by atoms with E-state index in [0.717, 1.165) is 5.92 Å². The normalized spacial score (nSPS) is 18.7. The second-order valence-electron chi connectivity index (χ2n) is 5.76. The lowest BCUT2D eigenvalue weighted by molar-refractivity contribution is 0.102. The van der Waals surface area contributed by atoms with E-state index in [4.69, 9.17) is 27.9 Å². The van der Waals surface area contributed by atoms with Crippen molar-refractivity contribution in [3.05, 3.63) is 28.2 Å². The lowest BCUT2D eigenvalue weighted by atomic mass is 10.00. The van der Waals surface area contributed by atoms with Crippen molar-refractivity contribution in [3.63, 3.8) is 0 Å². The maximum Gasteiger partial charge on any atom is 0.156 e. The Kier molecular flexibility index (Phi) is 6.62. The van der Waals surface area contributed by atoms with Crippen LogP contribution in [0.3, 0.4) is 0 Å². The summed E-state index contributed by atoms with van der Waals surface area (Å²) in [7, 11) is 0. The molecule has 1 saturated carbocycles. The summed E-state index contributed by atoms with van der Waals surface area (Å²) in [5.74, 6) is 1.17. The third-order valence-electron chi connectivity index (χ3n) is 4.12. The summed E-state index contributed by atoms with van der Waals surface area (Å²) in [6, 6.07) is 5.63. The quantitative estimate of drug-likeness (QED) is 0.796. The first-order valence-corrected chi connectivity index (χ1v) is 8.31. The Morgan fingerprint density at radius 3 is 2.52 bits per heavy atom. The highest BCUT2D eigenvalue weighted by atomic mass is 35.5. The fourth-order valence-electron chi connectivity index (χ4n) is 2.80. The molecule has 1 unspecified atom stereocenters. The Bertz CT molecular complexity index is 430. The molecule has 2 N–H and O–H groups in total. The molecule has 3 nitrogen and oxygen atoms in total. The van der Waals surface area contributed by atoms with Gasteiger partial charge in [0.15, 0.2) is 5.75 Å². The Morgan fingerprint density at radius 1 is 1.29 bits per heavy atom. The zero-order valence-electron chi connectivity index (χ0n) is 12.3. The summed E-state index contributed by atoms with van der Waals surface area (Å²) in [5.41, 5.74) is 0. The number of hydrogen-bond acceptors (Lipinski definition) is 3. The highest BCUT2D eigenvalue weighted by Crippen LogP contribution is 2.32. The van der Waals surface area contributed by atoms with E-state index in [1.807, 2.05) is 0 Å². The molecule has 1 aromatic carbocycles. The SMILES string of the molecule is C[C@H](NCC(O)COc1c(Cl)cccc1Cl)C1CCCC1. The van der Waals surface area contributed by atoms with Gasteiger partial charge in [-0.05, 0) is 37.8 Å². The Morgan fingerprint density at radius 2 is 1.90 bits per heavy atom. The van der Waals surface area contributed by atoms with Crippen LogP contribution in [0.4, 0.5) is 0 Å². The molecule has 0 aromatic heterocycles. The molecule has 2 atom stereocenters. The molecule has 0 aliphatic heterocycles. The summed E-state index contributed by atoms with van der Waals surface area (Å²) in [6.07, 6.45) is 4.65. The summed E-state index contributed by atoms with van der Waals surface area (Å²) in [4.78, 5) is 0. The average Bonchev–Trinajstić information content (AvgIpc) is 2.98. The monoisotopic (exact) mass is 331 g/mol. The number of aliphatic hydroxyl groups excluding tert-OH is 1. The Hall–Kier alpha value is -0.480. The first-order chi connectivity index (χ1) is 10.1. The number of halogens is 2. The van der Waals surface area contributed by atoms with Crippen LogP contribution in [-0.2, 0) is 0 Å². The number of hydrogen-bond donors (Lipinski definition) is 2. The van der Waals surface area contributed by atoms with Gasteiger partial charge in [0.05, 0.1) is 10.0 Å². The van der Waals surface area contributed by atoms with E-state index in [2.05, 4.69) is 12.2 Å². The number of para-hydroxylation sites is 1. The molecule has 5 heteroatoms. The van der Waals surface area contributed by atoms with Gasteiger partial charge in [0, 0.05) is 12.6 Å². The second kappa shape index (κ2) is 8.23. The highest BCUT2D eigenvalue weighted by Gasteiger charge is 2.21. The van der Waals surface area contributed by atoms with Gasteiger partial charge in [-0.15, -0.1) is 0 Å². The standard InChI is InChI=1S/C16H23Cl2NO2/c1-11(12-5-2-3-6-12)19-9-13(20)10-21-16-14(17)7-4-8-15(16)18/h4,7-8,11-13,19-20H,2-3,5-6,9-10H2,1H3/t11-,13?/m0/s1. The van der Waals surface area contributed by atoms with E-state index in [-0.39, 0.29) is 6.61 Å². The number of nitrogens with one attached hydrogen (secondary N) is 1. The molecular weight excluding hydrogens is 309 g/mol. The van der Waals surface area contributed by atoms with Crippen molar-refractivity contribution < 1.29 is 9.84 Å². The van der Waals surface area contributed by atoms with E-state index in [1.54, 1.807) is 18.2 Å². The van der Waals surface area contributed by atoms with Gasteiger partial charge in [-0.3, -0.25) is 0 Å². The van der Waals surface area contributed by atoms with Crippen molar-refractivity contribution in [2.24, 2.45) is 5.92 Å². The number of rotatable bonds is 7. The minimum atomic E-state index is -0.582. The van der Waals surface area contributed by atoms with Gasteiger partial charge in [-0.2, -0.15) is 0 Å². The predicted molar refractivity (Wildman–Crippen MR) is 87.4 cm³/mol. The van der Waals surface area contributed by atoms with E-state index in [0.29, 0.717) is 28.4 Å². The Labute approximate surface area is 136 Å². The van der Waals surface area contributed by atoms with Crippen LogP contribution in [0, 0.1) is 5.92 Å². The van der Waals surface area contributed by atoms with Crippen molar-refractivity contribution in [3.8, 4) is 5.75 Å². The zero-order chi connectivity index (χ0) is 15.2. The van der Waals surface area contributed by atoms with Crippen molar-refractivity contribution in [2.75, 3.05) is 13.2 Å². The fourth-order valence-corrected chi connectivity index (χ4v) is 3.31. The van der Waals surface area contributed by atoms with Crippen molar-refractivity contribution in [2.45, 2.75) is 44.8 Å². The van der Waals surface area contributed by atoms with E-state index in [1.165, 1.54) is 25.7 Å². The first-order valence-electron chi connectivity index (χ1n) is 7.56.